The molecule has 0 fully saturated rings. The normalized spacial score (nSPS) is 12.5. The average Bonchev–Trinajstić information content (AvgIpc) is 2.92. The van der Waals surface area contributed by atoms with E-state index in [1.807, 2.05) is 0 Å². The van der Waals surface area contributed by atoms with Crippen molar-refractivity contribution in [3.8, 4) is 0 Å². The number of imidazole rings is 1. The van der Waals surface area contributed by atoms with E-state index in [4.69, 9.17) is 4.98 Å². The van der Waals surface area contributed by atoms with Crippen LogP contribution in [0.5, 0.6) is 0 Å². The minimum Gasteiger partial charge on any atom is -0.358 e. The van der Waals surface area contributed by atoms with Crippen LogP contribution in [0.2, 0.25) is 0 Å². The molecular weight excluding hydrogens is 280 g/mol. The summed E-state index contributed by atoms with van der Waals surface area (Å²) in [6.07, 6.45) is 3.31. The van der Waals surface area contributed by atoms with E-state index in [9.17, 15) is 0 Å². The summed E-state index contributed by atoms with van der Waals surface area (Å²) in [5.74, 6) is 1.83. The summed E-state index contributed by atoms with van der Waals surface area (Å²) in [7, 11) is 2.15. The molecule has 0 saturated carbocycles. The van der Waals surface area contributed by atoms with Crippen molar-refractivity contribution in [2.75, 3.05) is 18.5 Å². The fourth-order valence-corrected chi connectivity index (χ4v) is 2.93. The van der Waals surface area contributed by atoms with E-state index in [1.165, 1.54) is 12.1 Å². The predicted octanol–water partition coefficient (Wildman–Crippen LogP) is 3.77. The third kappa shape index (κ3) is 4.20. The van der Waals surface area contributed by atoms with E-state index >= 15 is 0 Å². The fraction of sp³-hybridized carbons (Fsp3) is 0.688. The van der Waals surface area contributed by atoms with E-state index in [2.05, 4.69) is 67.9 Å². The summed E-state index contributed by atoms with van der Waals surface area (Å²) in [6, 6.07) is 0. The lowest BCUT2D eigenvalue weighted by Gasteiger charge is -2.23. The topological polar surface area (TPSA) is 32.6 Å². The molecule has 0 aliphatic carbocycles. The average molecular weight is 308 g/mol. The number of anilines is 1. The van der Waals surface area contributed by atoms with Crippen molar-refractivity contribution < 1.29 is 0 Å². The summed E-state index contributed by atoms with van der Waals surface area (Å²) < 4.78 is 2.21. The molecule has 21 heavy (non-hydrogen) atoms. The summed E-state index contributed by atoms with van der Waals surface area (Å²) in [5, 5.41) is 5.68. The van der Waals surface area contributed by atoms with E-state index in [-0.39, 0.29) is 5.54 Å². The Morgan fingerprint density at radius 1 is 1.38 bits per heavy atom. The number of hydrogen-bond donors (Lipinski definition) is 1. The minimum atomic E-state index is 0.105. The lowest BCUT2D eigenvalue weighted by Crippen LogP contribution is -2.36. The van der Waals surface area contributed by atoms with Crippen molar-refractivity contribution in [2.24, 2.45) is 5.92 Å². The van der Waals surface area contributed by atoms with Crippen LogP contribution in [-0.2, 0) is 6.54 Å². The van der Waals surface area contributed by atoms with Crippen molar-refractivity contribution in [1.82, 2.24) is 14.7 Å². The van der Waals surface area contributed by atoms with Crippen LogP contribution in [0, 0.1) is 5.92 Å². The van der Waals surface area contributed by atoms with Crippen LogP contribution in [-0.4, -0.2) is 28.5 Å². The van der Waals surface area contributed by atoms with Crippen molar-refractivity contribution in [1.29, 1.82) is 0 Å². The van der Waals surface area contributed by atoms with Gasteiger partial charge >= 0.3 is 0 Å². The molecule has 0 saturated heterocycles. The number of nitrogens with zero attached hydrogens (tertiary/aromatic N) is 3. The number of rotatable bonds is 6. The molecular formula is C16H28N4S. The molecule has 2 aromatic rings. The molecule has 0 unspecified atom stereocenters. The predicted molar refractivity (Wildman–Crippen MR) is 92.4 cm³/mol. The zero-order valence-electron chi connectivity index (χ0n) is 14.1. The second kappa shape index (κ2) is 6.36. The maximum atomic E-state index is 4.82. The van der Waals surface area contributed by atoms with E-state index in [0.29, 0.717) is 5.92 Å². The van der Waals surface area contributed by atoms with Crippen LogP contribution >= 0.6 is 11.3 Å². The van der Waals surface area contributed by atoms with Gasteiger partial charge in [0.1, 0.15) is 0 Å². The third-order valence-electron chi connectivity index (χ3n) is 3.53. The van der Waals surface area contributed by atoms with Gasteiger partial charge < -0.3 is 10.2 Å². The number of thiazole rings is 1. The van der Waals surface area contributed by atoms with Crippen LogP contribution in [0.25, 0.3) is 4.96 Å². The van der Waals surface area contributed by atoms with Crippen molar-refractivity contribution in [2.45, 2.75) is 53.1 Å². The molecule has 118 valence electrons. The van der Waals surface area contributed by atoms with Gasteiger partial charge in [0.2, 0.25) is 0 Å². The van der Waals surface area contributed by atoms with Crippen LogP contribution in [0.4, 0.5) is 5.82 Å². The van der Waals surface area contributed by atoms with Gasteiger partial charge in [-0.15, -0.1) is 11.3 Å². The number of fused-ring (bicyclic) bond motifs is 1. The Balaban J connectivity index is 2.23. The summed E-state index contributed by atoms with van der Waals surface area (Å²) in [4.78, 5) is 8.19. The molecule has 0 aliphatic rings. The highest BCUT2D eigenvalue weighted by atomic mass is 32.1. The second-order valence-electron chi connectivity index (χ2n) is 7.15. The van der Waals surface area contributed by atoms with Crippen molar-refractivity contribution in [3.63, 3.8) is 0 Å². The van der Waals surface area contributed by atoms with Gasteiger partial charge in [-0.25, -0.2) is 4.98 Å². The molecule has 0 aliphatic heterocycles. The molecule has 0 aromatic carbocycles. The van der Waals surface area contributed by atoms with Gasteiger partial charge in [0, 0.05) is 37.3 Å². The molecule has 2 heterocycles. The molecule has 2 aromatic heterocycles. The van der Waals surface area contributed by atoms with Crippen LogP contribution in [0.1, 0.15) is 46.7 Å². The number of hydrogen-bond acceptors (Lipinski definition) is 4. The summed E-state index contributed by atoms with van der Waals surface area (Å²) in [6.45, 7) is 13.0. The molecule has 2 rings (SSSR count). The van der Waals surface area contributed by atoms with Crippen LogP contribution in [0.15, 0.2) is 11.6 Å². The van der Waals surface area contributed by atoms with Gasteiger partial charge in [-0.2, -0.15) is 0 Å². The van der Waals surface area contributed by atoms with Crippen molar-refractivity contribution >= 4 is 22.1 Å². The van der Waals surface area contributed by atoms with Gasteiger partial charge in [0.25, 0.3) is 0 Å². The van der Waals surface area contributed by atoms with E-state index in [1.54, 1.807) is 11.3 Å². The smallest absolute Gasteiger partial charge is 0.195 e. The molecule has 0 atom stereocenters. The monoisotopic (exact) mass is 308 g/mol. The van der Waals surface area contributed by atoms with Crippen LogP contribution < -0.4 is 10.2 Å². The maximum Gasteiger partial charge on any atom is 0.195 e. The first kappa shape index (κ1) is 16.3. The third-order valence-corrected chi connectivity index (χ3v) is 4.29. The van der Waals surface area contributed by atoms with Gasteiger partial charge in [-0.05, 0) is 33.1 Å². The quantitative estimate of drug-likeness (QED) is 0.882. The molecule has 0 bridgehead atoms. The SMILES string of the molecule is CC(C)CCN(C)c1nc2sccn2c1CNC(C)(C)C. The molecule has 0 spiro atoms. The largest absolute Gasteiger partial charge is 0.358 e. The molecule has 4 nitrogen and oxygen atoms in total. The Kier molecular flexibility index (Phi) is 4.94. The lowest BCUT2D eigenvalue weighted by atomic mass is 10.1. The Morgan fingerprint density at radius 3 is 2.71 bits per heavy atom. The molecule has 1 N–H and O–H groups in total. The van der Waals surface area contributed by atoms with E-state index < -0.39 is 0 Å². The van der Waals surface area contributed by atoms with Crippen LogP contribution in [0.3, 0.4) is 0 Å². The number of nitrogens with one attached hydrogen (secondary N) is 1. The van der Waals surface area contributed by atoms with Crippen molar-refractivity contribution in [3.05, 3.63) is 17.3 Å². The standard InChI is InChI=1S/C16H28N4S/c1-12(2)7-8-19(6)14-13(11-17-16(3,4)5)20-9-10-21-15(20)18-14/h9-10,12,17H,7-8,11H2,1-6H3. The number of aromatic nitrogens is 2. The molecule has 0 amide bonds. The highest BCUT2D eigenvalue weighted by Crippen LogP contribution is 2.25. The molecule has 5 heteroatoms. The van der Waals surface area contributed by atoms with Gasteiger partial charge in [0.05, 0.1) is 5.69 Å². The first-order chi connectivity index (χ1) is 9.78. The minimum absolute atomic E-state index is 0.105. The zero-order chi connectivity index (χ0) is 15.6. The van der Waals surface area contributed by atoms with Gasteiger partial charge in [-0.3, -0.25) is 4.40 Å². The fourth-order valence-electron chi connectivity index (χ4n) is 2.20. The lowest BCUT2D eigenvalue weighted by molar-refractivity contribution is 0.420. The highest BCUT2D eigenvalue weighted by molar-refractivity contribution is 7.15. The Hall–Kier alpha value is -1.07. The van der Waals surface area contributed by atoms with E-state index in [0.717, 1.165) is 23.9 Å². The second-order valence-corrected chi connectivity index (χ2v) is 8.02. The highest BCUT2D eigenvalue weighted by Gasteiger charge is 2.18. The Labute approximate surface area is 132 Å². The summed E-state index contributed by atoms with van der Waals surface area (Å²) >= 11 is 1.69. The van der Waals surface area contributed by atoms with Gasteiger partial charge in [0.15, 0.2) is 10.8 Å². The maximum absolute atomic E-state index is 4.82. The Bertz CT molecular complexity index is 577. The molecule has 0 radical (unpaired) electrons. The van der Waals surface area contributed by atoms with Gasteiger partial charge in [-0.1, -0.05) is 13.8 Å². The first-order valence-corrected chi connectivity index (χ1v) is 8.56. The summed E-state index contributed by atoms with van der Waals surface area (Å²) in [5.41, 5.74) is 1.36. The zero-order valence-corrected chi connectivity index (χ0v) is 14.9. The Morgan fingerprint density at radius 2 is 2.10 bits per heavy atom. The first-order valence-electron chi connectivity index (χ1n) is 7.68.